The van der Waals surface area contributed by atoms with E-state index in [0.717, 1.165) is 12.8 Å². The van der Waals surface area contributed by atoms with Crippen LogP contribution >= 0.6 is 0 Å². The molecule has 1 aliphatic heterocycles. The molecule has 2 unspecified atom stereocenters. The number of rotatable bonds is 4. The van der Waals surface area contributed by atoms with E-state index in [-0.39, 0.29) is 23.8 Å². The van der Waals surface area contributed by atoms with Gasteiger partial charge in [0, 0.05) is 19.6 Å². The second-order valence-electron chi connectivity index (χ2n) is 6.53. The first-order valence-electron chi connectivity index (χ1n) is 6.82. The van der Waals surface area contributed by atoms with Crippen LogP contribution in [0.25, 0.3) is 0 Å². The molecule has 0 aromatic carbocycles. The third kappa shape index (κ3) is 5.35. The number of nitrogens with zero attached hydrogens (tertiary/aromatic N) is 1. The number of likely N-dealkylation sites (tertiary alicyclic amines) is 1. The van der Waals surface area contributed by atoms with Crippen molar-refractivity contribution in [1.82, 2.24) is 9.62 Å². The van der Waals surface area contributed by atoms with E-state index in [1.54, 1.807) is 4.90 Å². The van der Waals surface area contributed by atoms with Gasteiger partial charge in [-0.15, -0.1) is 0 Å². The zero-order valence-electron chi connectivity index (χ0n) is 12.4. The van der Waals surface area contributed by atoms with Gasteiger partial charge in [-0.2, -0.15) is 8.42 Å². The summed E-state index contributed by atoms with van der Waals surface area (Å²) in [4.78, 5) is 14.1. The average Bonchev–Trinajstić information content (AvgIpc) is 2.33. The molecule has 7 nitrogen and oxygen atoms in total. The molecule has 1 fully saturated rings. The van der Waals surface area contributed by atoms with Crippen LogP contribution in [0.15, 0.2) is 0 Å². The van der Waals surface area contributed by atoms with Gasteiger partial charge in [-0.1, -0.05) is 20.8 Å². The second kappa shape index (κ2) is 6.38. The Morgan fingerprint density at radius 2 is 2.05 bits per heavy atom. The zero-order chi connectivity index (χ0) is 15.6. The molecule has 1 rings (SSSR count). The highest BCUT2D eigenvalue weighted by molar-refractivity contribution is 7.87. The number of amides is 1. The molecule has 118 valence electrons. The lowest BCUT2D eigenvalue weighted by atomic mass is 9.86. The Bertz CT molecular complexity index is 444. The summed E-state index contributed by atoms with van der Waals surface area (Å²) in [6.45, 7) is 7.24. The summed E-state index contributed by atoms with van der Waals surface area (Å²) in [5.41, 5.74) is 5.70. The summed E-state index contributed by atoms with van der Waals surface area (Å²) in [6, 6.07) is -0.549. The number of hydrogen-bond donors (Lipinski definition) is 3. The van der Waals surface area contributed by atoms with Gasteiger partial charge in [-0.25, -0.2) is 9.86 Å². The van der Waals surface area contributed by atoms with Gasteiger partial charge < -0.3 is 10.6 Å². The first-order chi connectivity index (χ1) is 9.00. The average molecular weight is 306 g/mol. The smallest absolute Gasteiger partial charge is 0.274 e. The van der Waals surface area contributed by atoms with E-state index < -0.39 is 16.3 Å². The van der Waals surface area contributed by atoms with Crippen LogP contribution < -0.4 is 15.6 Å². The summed E-state index contributed by atoms with van der Waals surface area (Å²) in [6.07, 6.45) is 1.72. The molecule has 0 aromatic rings. The van der Waals surface area contributed by atoms with E-state index in [4.69, 9.17) is 10.9 Å². The summed E-state index contributed by atoms with van der Waals surface area (Å²) >= 11 is 0. The van der Waals surface area contributed by atoms with E-state index >= 15 is 0 Å². The van der Waals surface area contributed by atoms with E-state index in [2.05, 4.69) is 4.72 Å². The highest BCUT2D eigenvalue weighted by Crippen LogP contribution is 2.22. The van der Waals surface area contributed by atoms with Crippen LogP contribution in [0.1, 0.15) is 33.6 Å². The van der Waals surface area contributed by atoms with Crippen molar-refractivity contribution in [3.05, 3.63) is 0 Å². The van der Waals surface area contributed by atoms with Crippen LogP contribution in [0.5, 0.6) is 0 Å². The van der Waals surface area contributed by atoms with Gasteiger partial charge in [0.15, 0.2) is 0 Å². The van der Waals surface area contributed by atoms with Crippen LogP contribution in [0.2, 0.25) is 0 Å². The van der Waals surface area contributed by atoms with Crippen molar-refractivity contribution in [2.24, 2.45) is 22.2 Å². The summed E-state index contributed by atoms with van der Waals surface area (Å²) in [5, 5.41) is 4.91. The Kier molecular flexibility index (Phi) is 5.54. The van der Waals surface area contributed by atoms with E-state index in [9.17, 15) is 13.2 Å². The highest BCUT2D eigenvalue weighted by atomic mass is 32.2. The minimum absolute atomic E-state index is 0.0715. The molecular weight excluding hydrogens is 280 g/mol. The molecule has 0 aliphatic carbocycles. The lowest BCUT2D eigenvalue weighted by Gasteiger charge is -2.37. The van der Waals surface area contributed by atoms with Crippen LogP contribution in [-0.4, -0.2) is 44.9 Å². The molecule has 0 saturated carbocycles. The van der Waals surface area contributed by atoms with Gasteiger partial charge in [0.05, 0.1) is 6.04 Å². The van der Waals surface area contributed by atoms with Crippen molar-refractivity contribution in [2.45, 2.75) is 39.7 Å². The zero-order valence-corrected chi connectivity index (χ0v) is 13.2. The van der Waals surface area contributed by atoms with Crippen molar-refractivity contribution in [2.75, 3.05) is 19.6 Å². The Morgan fingerprint density at radius 3 is 2.55 bits per heavy atom. The van der Waals surface area contributed by atoms with Gasteiger partial charge in [0.25, 0.3) is 10.2 Å². The minimum Gasteiger partial charge on any atom is -0.341 e. The molecular formula is C12H26N4O3S. The van der Waals surface area contributed by atoms with E-state index in [1.807, 2.05) is 20.8 Å². The summed E-state index contributed by atoms with van der Waals surface area (Å²) < 4.78 is 24.1. The lowest BCUT2D eigenvalue weighted by Crippen LogP contribution is -2.53. The Balaban J connectivity index is 2.58. The maximum Gasteiger partial charge on any atom is 0.274 e. The summed E-state index contributed by atoms with van der Waals surface area (Å²) in [5.74, 6) is 0.0102. The molecule has 2 atom stereocenters. The molecule has 0 aromatic heterocycles. The topological polar surface area (TPSA) is 119 Å². The first-order valence-corrected chi connectivity index (χ1v) is 8.37. The number of nitrogens with two attached hydrogens (primary N) is 2. The van der Waals surface area contributed by atoms with Gasteiger partial charge in [-0.05, 0) is 24.2 Å². The predicted molar refractivity (Wildman–Crippen MR) is 77.8 cm³/mol. The third-order valence-corrected chi connectivity index (χ3v) is 4.17. The Hall–Kier alpha value is -0.700. The van der Waals surface area contributed by atoms with Crippen LogP contribution in [0, 0.1) is 11.3 Å². The van der Waals surface area contributed by atoms with Gasteiger partial charge >= 0.3 is 0 Å². The molecule has 1 heterocycles. The third-order valence-electron chi connectivity index (χ3n) is 3.60. The van der Waals surface area contributed by atoms with Crippen molar-refractivity contribution in [3.63, 3.8) is 0 Å². The monoisotopic (exact) mass is 306 g/mol. The summed E-state index contributed by atoms with van der Waals surface area (Å²) in [7, 11) is -3.68. The fraction of sp³-hybridized carbons (Fsp3) is 0.917. The fourth-order valence-electron chi connectivity index (χ4n) is 2.23. The minimum atomic E-state index is -3.68. The molecule has 0 radical (unpaired) electrons. The van der Waals surface area contributed by atoms with Crippen LogP contribution in [0.4, 0.5) is 0 Å². The number of hydrogen-bond acceptors (Lipinski definition) is 4. The van der Waals surface area contributed by atoms with Gasteiger partial charge in [0.2, 0.25) is 5.91 Å². The first kappa shape index (κ1) is 17.4. The molecule has 5 N–H and O–H groups in total. The number of carbonyl (C=O) groups is 1. The predicted octanol–water partition coefficient (Wildman–Crippen LogP) is -0.608. The fourth-order valence-corrected chi connectivity index (χ4v) is 2.70. The molecule has 0 bridgehead atoms. The Morgan fingerprint density at radius 1 is 1.45 bits per heavy atom. The van der Waals surface area contributed by atoms with Crippen molar-refractivity contribution in [3.8, 4) is 0 Å². The number of carbonyl (C=O) groups excluding carboxylic acids is 1. The Labute approximate surface area is 121 Å². The molecule has 0 spiro atoms. The van der Waals surface area contributed by atoms with E-state index in [0.29, 0.717) is 13.1 Å². The molecule has 20 heavy (non-hydrogen) atoms. The van der Waals surface area contributed by atoms with Gasteiger partial charge in [0.1, 0.15) is 0 Å². The molecule has 1 saturated heterocycles. The highest BCUT2D eigenvalue weighted by Gasteiger charge is 2.33. The number of nitrogens with one attached hydrogen (secondary N) is 1. The second-order valence-corrected chi connectivity index (χ2v) is 7.91. The van der Waals surface area contributed by atoms with Crippen LogP contribution in [-0.2, 0) is 15.0 Å². The largest absolute Gasteiger partial charge is 0.341 e. The van der Waals surface area contributed by atoms with Gasteiger partial charge in [-0.3, -0.25) is 4.79 Å². The standard InChI is InChI=1S/C12H26N4O3S/c1-12(2,3)10(13)11(17)16-6-4-5-9(8-16)7-15-20(14,18)19/h9-10,15H,4-8,13H2,1-3H3,(H2,14,18,19). The molecule has 8 heteroatoms. The maximum absolute atomic E-state index is 12.3. The SMILES string of the molecule is CC(C)(C)C(N)C(=O)N1CCCC(CNS(N)(=O)=O)C1. The van der Waals surface area contributed by atoms with E-state index in [1.165, 1.54) is 0 Å². The molecule has 1 aliphatic rings. The van der Waals surface area contributed by atoms with Crippen molar-refractivity contribution in [1.29, 1.82) is 0 Å². The normalized spacial score (nSPS) is 22.6. The van der Waals surface area contributed by atoms with Crippen molar-refractivity contribution < 1.29 is 13.2 Å². The quantitative estimate of drug-likeness (QED) is 0.642. The maximum atomic E-state index is 12.3. The lowest BCUT2D eigenvalue weighted by molar-refractivity contribution is -0.136. The van der Waals surface area contributed by atoms with Crippen molar-refractivity contribution >= 4 is 16.1 Å². The van der Waals surface area contributed by atoms with Crippen LogP contribution in [0.3, 0.4) is 0 Å². The molecule has 1 amide bonds. The number of piperidine rings is 1.